The van der Waals surface area contributed by atoms with Crippen molar-refractivity contribution in [2.45, 2.75) is 18.6 Å². The minimum atomic E-state index is -0.206. The Bertz CT molecular complexity index is 1340. The van der Waals surface area contributed by atoms with Crippen molar-refractivity contribution in [3.8, 4) is 16.5 Å². The number of fused-ring (bicyclic) bond motifs is 1. The van der Waals surface area contributed by atoms with Gasteiger partial charge in [-0.1, -0.05) is 42.1 Å². The number of thiophene rings is 1. The van der Waals surface area contributed by atoms with Crippen molar-refractivity contribution in [2.24, 2.45) is 0 Å². The second-order valence-corrected chi connectivity index (χ2v) is 8.66. The maximum atomic E-state index is 13.0. The molecule has 0 aliphatic rings. The maximum absolute atomic E-state index is 13.0. The Balaban J connectivity index is 1.55. The van der Waals surface area contributed by atoms with Gasteiger partial charge in [0.15, 0.2) is 5.16 Å². The summed E-state index contributed by atoms with van der Waals surface area (Å²) in [6, 6.07) is 20.5. The number of carbonyl (C=O) groups excluding carboxylic acids is 1. The highest BCUT2D eigenvalue weighted by molar-refractivity contribution is 7.99. The van der Waals surface area contributed by atoms with E-state index in [1.165, 1.54) is 23.1 Å². The van der Waals surface area contributed by atoms with Crippen molar-refractivity contribution in [3.63, 3.8) is 0 Å². The van der Waals surface area contributed by atoms with Crippen LogP contribution in [0, 0.1) is 11.3 Å². The first-order valence-electron chi connectivity index (χ1n) is 9.61. The molecule has 4 aromatic rings. The van der Waals surface area contributed by atoms with E-state index < -0.39 is 0 Å². The lowest BCUT2D eigenvalue weighted by Crippen LogP contribution is -2.22. The molecule has 0 saturated carbocycles. The predicted molar refractivity (Wildman–Crippen MR) is 126 cm³/mol. The van der Waals surface area contributed by atoms with E-state index in [9.17, 15) is 9.59 Å². The molecule has 0 unspecified atom stereocenters. The predicted octanol–water partition coefficient (Wildman–Crippen LogP) is 4.75. The quantitative estimate of drug-likeness (QED) is 0.341. The van der Waals surface area contributed by atoms with Gasteiger partial charge in [0.2, 0.25) is 5.91 Å². The Kier molecular flexibility index (Phi) is 6.16. The first-order chi connectivity index (χ1) is 15.1. The van der Waals surface area contributed by atoms with Crippen molar-refractivity contribution in [2.75, 3.05) is 11.1 Å². The molecule has 0 spiro atoms. The lowest BCUT2D eigenvalue weighted by molar-refractivity contribution is -0.113. The molecule has 2 aromatic carbocycles. The lowest BCUT2D eigenvalue weighted by Gasteiger charge is -2.10. The summed E-state index contributed by atoms with van der Waals surface area (Å²) in [6.07, 6.45) is 0. The molecule has 1 N–H and O–H groups in total. The molecule has 8 heteroatoms. The number of nitrogens with one attached hydrogen (secondary N) is 1. The van der Waals surface area contributed by atoms with E-state index in [0.29, 0.717) is 33.2 Å². The van der Waals surface area contributed by atoms with Crippen molar-refractivity contribution in [3.05, 3.63) is 76.6 Å². The molecule has 0 bridgehead atoms. The van der Waals surface area contributed by atoms with Crippen LogP contribution in [-0.2, 0) is 11.3 Å². The number of aromatic nitrogens is 2. The van der Waals surface area contributed by atoms with Gasteiger partial charge in [0.25, 0.3) is 5.56 Å². The first kappa shape index (κ1) is 20.8. The second-order valence-electron chi connectivity index (χ2n) is 6.66. The number of nitrogens with zero attached hydrogens (tertiary/aromatic N) is 3. The van der Waals surface area contributed by atoms with Gasteiger partial charge in [-0.15, -0.1) is 11.3 Å². The molecule has 2 heterocycles. The van der Waals surface area contributed by atoms with Crippen LogP contribution in [0.1, 0.15) is 12.5 Å². The highest BCUT2D eigenvalue weighted by atomic mass is 32.2. The van der Waals surface area contributed by atoms with E-state index in [1.54, 1.807) is 28.8 Å². The van der Waals surface area contributed by atoms with Gasteiger partial charge in [-0.05, 0) is 42.8 Å². The number of carbonyl (C=O) groups is 1. The second kappa shape index (κ2) is 9.16. The van der Waals surface area contributed by atoms with Crippen LogP contribution in [0.15, 0.2) is 70.6 Å². The van der Waals surface area contributed by atoms with E-state index >= 15 is 0 Å². The monoisotopic (exact) mass is 446 g/mol. The van der Waals surface area contributed by atoms with Crippen LogP contribution in [0.4, 0.5) is 5.69 Å². The van der Waals surface area contributed by atoms with Gasteiger partial charge >= 0.3 is 0 Å². The molecule has 0 radical (unpaired) electrons. The van der Waals surface area contributed by atoms with E-state index in [2.05, 4.69) is 10.3 Å². The Morgan fingerprint density at radius 3 is 2.61 bits per heavy atom. The first-order valence-corrected chi connectivity index (χ1v) is 11.4. The fraction of sp³-hybridized carbons (Fsp3) is 0.130. The number of hydrogen-bond acceptors (Lipinski definition) is 6. The SMILES string of the molecule is CCn1c(SCC(=O)Nc2ccc(C#N)cc2)nc2cc(-c3ccccc3)sc2c1=O. The molecule has 0 fully saturated rings. The molecule has 0 atom stereocenters. The molecule has 2 aromatic heterocycles. The molecule has 0 aliphatic carbocycles. The number of anilines is 1. The van der Waals surface area contributed by atoms with Crippen LogP contribution in [0.2, 0.25) is 0 Å². The van der Waals surface area contributed by atoms with Crippen molar-refractivity contribution < 1.29 is 4.79 Å². The van der Waals surface area contributed by atoms with Gasteiger partial charge in [-0.2, -0.15) is 5.26 Å². The van der Waals surface area contributed by atoms with Crippen LogP contribution >= 0.6 is 23.1 Å². The van der Waals surface area contributed by atoms with Crippen molar-refractivity contribution >= 4 is 44.9 Å². The van der Waals surface area contributed by atoms with Crippen LogP contribution in [0.25, 0.3) is 20.7 Å². The molecule has 1 amide bonds. The normalized spacial score (nSPS) is 10.7. The Morgan fingerprint density at radius 1 is 1.19 bits per heavy atom. The maximum Gasteiger partial charge on any atom is 0.272 e. The van der Waals surface area contributed by atoms with Gasteiger partial charge in [0.05, 0.1) is 22.9 Å². The molecule has 31 heavy (non-hydrogen) atoms. The van der Waals surface area contributed by atoms with Crippen LogP contribution in [0.3, 0.4) is 0 Å². The summed E-state index contributed by atoms with van der Waals surface area (Å²) >= 11 is 2.67. The number of nitriles is 1. The summed E-state index contributed by atoms with van der Waals surface area (Å²) in [5.74, 6) is -0.0878. The third-order valence-electron chi connectivity index (χ3n) is 4.60. The van der Waals surface area contributed by atoms with E-state index in [1.807, 2.05) is 49.4 Å². The van der Waals surface area contributed by atoms with Crippen LogP contribution in [-0.4, -0.2) is 21.2 Å². The third kappa shape index (κ3) is 4.53. The van der Waals surface area contributed by atoms with E-state index in [4.69, 9.17) is 5.26 Å². The average molecular weight is 447 g/mol. The Labute approximate surface area is 187 Å². The summed E-state index contributed by atoms with van der Waals surface area (Å²) in [7, 11) is 0. The van der Waals surface area contributed by atoms with Crippen molar-refractivity contribution in [1.82, 2.24) is 9.55 Å². The van der Waals surface area contributed by atoms with Gasteiger partial charge in [0.1, 0.15) is 4.70 Å². The number of benzene rings is 2. The number of hydrogen-bond donors (Lipinski definition) is 1. The lowest BCUT2D eigenvalue weighted by atomic mass is 10.2. The van der Waals surface area contributed by atoms with Crippen molar-refractivity contribution in [1.29, 1.82) is 5.26 Å². The minimum absolute atomic E-state index is 0.0883. The number of amides is 1. The summed E-state index contributed by atoms with van der Waals surface area (Å²) in [5.41, 5.74) is 2.75. The average Bonchev–Trinajstić information content (AvgIpc) is 3.23. The standard InChI is InChI=1S/C23H18N4O2S2/c1-2-27-22(29)21-18(12-19(31-21)16-6-4-3-5-7-16)26-23(27)30-14-20(28)25-17-10-8-15(13-24)9-11-17/h3-12H,2,14H2,1H3,(H,25,28). The highest BCUT2D eigenvalue weighted by Crippen LogP contribution is 2.32. The summed E-state index contributed by atoms with van der Waals surface area (Å²) in [6.45, 7) is 2.36. The molecule has 154 valence electrons. The highest BCUT2D eigenvalue weighted by Gasteiger charge is 2.16. The zero-order chi connectivity index (χ0) is 21.8. The fourth-order valence-electron chi connectivity index (χ4n) is 3.08. The van der Waals surface area contributed by atoms with E-state index in [0.717, 1.165) is 10.4 Å². The zero-order valence-electron chi connectivity index (χ0n) is 16.7. The third-order valence-corrected chi connectivity index (χ3v) is 6.74. The number of rotatable bonds is 6. The van der Waals surface area contributed by atoms with Crippen LogP contribution < -0.4 is 10.9 Å². The summed E-state index contributed by atoms with van der Waals surface area (Å²) in [5, 5.41) is 12.2. The van der Waals surface area contributed by atoms with E-state index in [-0.39, 0.29) is 17.2 Å². The fourth-order valence-corrected chi connectivity index (χ4v) is 4.99. The Hall–Kier alpha value is -3.41. The van der Waals surface area contributed by atoms with Gasteiger partial charge in [0, 0.05) is 17.1 Å². The zero-order valence-corrected chi connectivity index (χ0v) is 18.3. The van der Waals surface area contributed by atoms with Gasteiger partial charge in [-0.25, -0.2) is 4.98 Å². The molecular weight excluding hydrogens is 428 g/mol. The Morgan fingerprint density at radius 2 is 1.94 bits per heavy atom. The summed E-state index contributed by atoms with van der Waals surface area (Å²) < 4.78 is 2.22. The summed E-state index contributed by atoms with van der Waals surface area (Å²) in [4.78, 5) is 31.0. The van der Waals surface area contributed by atoms with Gasteiger partial charge in [-0.3, -0.25) is 14.2 Å². The number of thioether (sulfide) groups is 1. The van der Waals surface area contributed by atoms with Gasteiger partial charge < -0.3 is 5.32 Å². The topological polar surface area (TPSA) is 87.8 Å². The molecule has 0 aliphatic heterocycles. The molecular formula is C23H18N4O2S2. The smallest absolute Gasteiger partial charge is 0.272 e. The largest absolute Gasteiger partial charge is 0.325 e. The molecule has 6 nitrogen and oxygen atoms in total. The molecule has 4 rings (SSSR count). The van der Waals surface area contributed by atoms with Crippen LogP contribution in [0.5, 0.6) is 0 Å². The molecule has 0 saturated heterocycles. The minimum Gasteiger partial charge on any atom is -0.325 e.